The first-order chi connectivity index (χ1) is 11.2. The van der Waals surface area contributed by atoms with Crippen LogP contribution in [0.15, 0.2) is 34.0 Å². The lowest BCUT2D eigenvalue weighted by Gasteiger charge is -2.14. The number of hydrogen-bond acceptors (Lipinski definition) is 5. The van der Waals surface area contributed by atoms with Crippen LogP contribution in [0.4, 0.5) is 0 Å². The van der Waals surface area contributed by atoms with Gasteiger partial charge in [0.15, 0.2) is 0 Å². The number of oxime groups is 1. The Hall–Kier alpha value is -1.02. The Kier molecular flexibility index (Phi) is 7.42. The maximum Gasteiger partial charge on any atom is 0.147 e. The average Bonchev–Trinajstić information content (AvgIpc) is 2.94. The SMILES string of the molecule is CSCCCCNC(O)/C(Cc1c[nH]c2ccc(Br)cc12)=N\O. The lowest BCUT2D eigenvalue weighted by molar-refractivity contribution is 0.192. The Labute approximate surface area is 148 Å². The fourth-order valence-corrected chi connectivity index (χ4v) is 3.26. The molecule has 1 atom stereocenters. The van der Waals surface area contributed by atoms with Gasteiger partial charge in [-0.15, -0.1) is 0 Å². The number of rotatable bonds is 9. The maximum atomic E-state index is 10.2. The number of aliphatic hydroxyl groups excluding tert-OH is 1. The summed E-state index contributed by atoms with van der Waals surface area (Å²) in [6.45, 7) is 0.695. The van der Waals surface area contributed by atoms with Crippen LogP contribution < -0.4 is 5.32 Å². The molecule has 2 rings (SSSR count). The van der Waals surface area contributed by atoms with Gasteiger partial charge in [-0.05, 0) is 55.2 Å². The van der Waals surface area contributed by atoms with Crippen LogP contribution in [0.5, 0.6) is 0 Å². The average molecular weight is 400 g/mol. The molecule has 23 heavy (non-hydrogen) atoms. The van der Waals surface area contributed by atoms with Crippen LogP contribution in [0.25, 0.3) is 10.9 Å². The van der Waals surface area contributed by atoms with Gasteiger partial charge in [-0.25, -0.2) is 0 Å². The maximum absolute atomic E-state index is 10.2. The first kappa shape index (κ1) is 18.3. The molecule has 0 aliphatic rings. The molecule has 0 aliphatic heterocycles. The predicted molar refractivity (Wildman–Crippen MR) is 101 cm³/mol. The van der Waals surface area contributed by atoms with Gasteiger partial charge < -0.3 is 15.3 Å². The third kappa shape index (κ3) is 5.24. The molecular formula is C16H22BrN3O2S. The molecule has 4 N–H and O–H groups in total. The van der Waals surface area contributed by atoms with Gasteiger partial charge in [0, 0.05) is 28.0 Å². The Bertz CT molecular complexity index is 660. The van der Waals surface area contributed by atoms with E-state index in [0.29, 0.717) is 18.7 Å². The van der Waals surface area contributed by atoms with Crippen molar-refractivity contribution in [3.05, 3.63) is 34.4 Å². The number of H-pyrrole nitrogens is 1. The number of nitrogens with zero attached hydrogens (tertiary/aromatic N) is 1. The number of aliphatic hydroxyl groups is 1. The number of fused-ring (bicyclic) bond motifs is 1. The summed E-state index contributed by atoms with van der Waals surface area (Å²) in [5.74, 6) is 1.11. The number of unbranched alkanes of at least 4 members (excludes halogenated alkanes) is 1. The summed E-state index contributed by atoms with van der Waals surface area (Å²) in [7, 11) is 0. The van der Waals surface area contributed by atoms with E-state index < -0.39 is 6.23 Å². The van der Waals surface area contributed by atoms with Crippen molar-refractivity contribution in [1.29, 1.82) is 0 Å². The zero-order valence-electron chi connectivity index (χ0n) is 13.1. The Balaban J connectivity index is 1.96. The normalized spacial score (nSPS) is 13.6. The quantitative estimate of drug-likeness (QED) is 0.171. The Morgan fingerprint density at radius 2 is 2.26 bits per heavy atom. The van der Waals surface area contributed by atoms with Crippen molar-refractivity contribution in [2.24, 2.45) is 5.16 Å². The minimum Gasteiger partial charge on any atom is -0.411 e. The van der Waals surface area contributed by atoms with E-state index in [1.165, 1.54) is 0 Å². The van der Waals surface area contributed by atoms with E-state index in [4.69, 9.17) is 0 Å². The molecule has 0 bridgehead atoms. The molecular weight excluding hydrogens is 378 g/mol. The van der Waals surface area contributed by atoms with Gasteiger partial charge in [-0.2, -0.15) is 11.8 Å². The summed E-state index contributed by atoms with van der Waals surface area (Å²) in [6, 6.07) is 5.96. The molecule has 0 spiro atoms. The van der Waals surface area contributed by atoms with E-state index in [1.807, 2.05) is 36.2 Å². The summed E-state index contributed by atoms with van der Waals surface area (Å²) >= 11 is 5.28. The fraction of sp³-hybridized carbons (Fsp3) is 0.438. The summed E-state index contributed by atoms with van der Waals surface area (Å²) in [4.78, 5) is 3.19. The highest BCUT2D eigenvalue weighted by atomic mass is 79.9. The summed E-state index contributed by atoms with van der Waals surface area (Å²) in [5, 5.41) is 26.7. The molecule has 0 saturated heterocycles. The van der Waals surface area contributed by atoms with Crippen LogP contribution in [0, 0.1) is 0 Å². The second kappa shape index (κ2) is 9.32. The zero-order chi connectivity index (χ0) is 16.7. The van der Waals surface area contributed by atoms with Gasteiger partial charge in [0.1, 0.15) is 11.9 Å². The number of nitrogens with one attached hydrogen (secondary N) is 2. The molecule has 0 saturated carbocycles. The number of aromatic amines is 1. The third-order valence-electron chi connectivity index (χ3n) is 3.66. The first-order valence-corrected chi connectivity index (χ1v) is 9.71. The lowest BCUT2D eigenvalue weighted by Crippen LogP contribution is -2.38. The highest BCUT2D eigenvalue weighted by molar-refractivity contribution is 9.10. The van der Waals surface area contributed by atoms with E-state index in [9.17, 15) is 10.3 Å². The standard InChI is InChI=1S/C16H22BrN3O2S/c1-23-7-3-2-6-18-16(21)15(20-22)8-11-10-19-14-5-4-12(17)9-13(11)14/h4-5,9-10,16,18-19,21-22H,2-3,6-8H2,1H3/b20-15-. The summed E-state index contributed by atoms with van der Waals surface area (Å²) < 4.78 is 0.987. The van der Waals surface area contributed by atoms with E-state index in [-0.39, 0.29) is 0 Å². The van der Waals surface area contributed by atoms with Crippen LogP contribution in [0.2, 0.25) is 0 Å². The van der Waals surface area contributed by atoms with Crippen molar-refractivity contribution in [2.75, 3.05) is 18.6 Å². The molecule has 0 amide bonds. The van der Waals surface area contributed by atoms with Crippen LogP contribution in [0.1, 0.15) is 18.4 Å². The number of aromatic nitrogens is 1. The lowest BCUT2D eigenvalue weighted by atomic mass is 10.1. The van der Waals surface area contributed by atoms with E-state index in [1.54, 1.807) is 0 Å². The minimum atomic E-state index is -0.939. The van der Waals surface area contributed by atoms with Crippen LogP contribution in [0.3, 0.4) is 0 Å². The fourth-order valence-electron chi connectivity index (χ4n) is 2.41. The smallest absolute Gasteiger partial charge is 0.147 e. The number of thioether (sulfide) groups is 1. The molecule has 1 heterocycles. The van der Waals surface area contributed by atoms with Crippen molar-refractivity contribution >= 4 is 44.3 Å². The molecule has 1 unspecified atom stereocenters. The molecule has 5 nitrogen and oxygen atoms in total. The number of hydrogen-bond donors (Lipinski definition) is 4. The largest absolute Gasteiger partial charge is 0.411 e. The van der Waals surface area contributed by atoms with Crippen molar-refractivity contribution in [2.45, 2.75) is 25.5 Å². The van der Waals surface area contributed by atoms with E-state index >= 15 is 0 Å². The molecule has 2 aromatic rings. The predicted octanol–water partition coefficient (Wildman–Crippen LogP) is 3.35. The highest BCUT2D eigenvalue weighted by Gasteiger charge is 2.15. The summed E-state index contributed by atoms with van der Waals surface area (Å²) in [6.07, 6.45) is 5.49. The molecule has 0 radical (unpaired) electrons. The second-order valence-electron chi connectivity index (χ2n) is 5.33. The monoisotopic (exact) mass is 399 g/mol. The number of halogens is 1. The topological polar surface area (TPSA) is 80.6 Å². The van der Waals surface area contributed by atoms with E-state index in [2.05, 4.69) is 37.6 Å². The van der Waals surface area contributed by atoms with Crippen molar-refractivity contribution in [3.63, 3.8) is 0 Å². The summed E-state index contributed by atoms with van der Waals surface area (Å²) in [5.41, 5.74) is 2.31. The molecule has 0 fully saturated rings. The van der Waals surface area contributed by atoms with Gasteiger partial charge >= 0.3 is 0 Å². The van der Waals surface area contributed by atoms with Gasteiger partial charge in [0.2, 0.25) is 0 Å². The van der Waals surface area contributed by atoms with Crippen molar-refractivity contribution in [1.82, 2.24) is 10.3 Å². The zero-order valence-corrected chi connectivity index (χ0v) is 15.5. The van der Waals surface area contributed by atoms with Gasteiger partial charge in [-0.1, -0.05) is 21.1 Å². The molecule has 0 aliphatic carbocycles. The molecule has 1 aromatic heterocycles. The van der Waals surface area contributed by atoms with Gasteiger partial charge in [0.05, 0.1) is 0 Å². The van der Waals surface area contributed by atoms with Crippen LogP contribution >= 0.6 is 27.7 Å². The molecule has 1 aromatic carbocycles. The van der Waals surface area contributed by atoms with Gasteiger partial charge in [-0.3, -0.25) is 5.32 Å². The second-order valence-corrected chi connectivity index (χ2v) is 7.23. The Morgan fingerprint density at radius 3 is 3.00 bits per heavy atom. The van der Waals surface area contributed by atoms with Crippen molar-refractivity contribution in [3.8, 4) is 0 Å². The van der Waals surface area contributed by atoms with Crippen LogP contribution in [-0.4, -0.2) is 45.8 Å². The molecule has 7 heteroatoms. The third-order valence-corrected chi connectivity index (χ3v) is 4.85. The van der Waals surface area contributed by atoms with Crippen molar-refractivity contribution < 1.29 is 10.3 Å². The van der Waals surface area contributed by atoms with Gasteiger partial charge in [0.25, 0.3) is 0 Å². The highest BCUT2D eigenvalue weighted by Crippen LogP contribution is 2.23. The first-order valence-electron chi connectivity index (χ1n) is 7.52. The minimum absolute atomic E-state index is 0.316. The van der Waals surface area contributed by atoms with E-state index in [0.717, 1.165) is 39.5 Å². The number of benzene rings is 1. The van der Waals surface area contributed by atoms with Crippen LogP contribution in [-0.2, 0) is 6.42 Å². The Morgan fingerprint density at radius 1 is 1.43 bits per heavy atom. The molecule has 126 valence electrons.